The molecule has 0 aliphatic heterocycles. The van der Waals surface area contributed by atoms with Crippen LogP contribution in [-0.2, 0) is 5.54 Å². The summed E-state index contributed by atoms with van der Waals surface area (Å²) in [6, 6.07) is 8.22. The number of aliphatic hydroxyl groups excluding tert-OH is 1. The number of benzene rings is 1. The normalized spacial score (nSPS) is 10.4. The summed E-state index contributed by atoms with van der Waals surface area (Å²) in [5.74, 6) is 0. The molecule has 0 saturated carbocycles. The summed E-state index contributed by atoms with van der Waals surface area (Å²) in [7, 11) is 0. The van der Waals surface area contributed by atoms with Crippen molar-refractivity contribution in [2.75, 3.05) is 6.61 Å². The van der Waals surface area contributed by atoms with Crippen molar-refractivity contribution in [3.63, 3.8) is 0 Å². The molecule has 80 valence electrons. The van der Waals surface area contributed by atoms with Crippen LogP contribution < -0.4 is 5.73 Å². The molecule has 0 aliphatic rings. The smallest absolute Gasteiger partial charge is 0.0402 e. The van der Waals surface area contributed by atoms with E-state index < -0.39 is 0 Å². The second-order valence-corrected chi connectivity index (χ2v) is 3.85. The summed E-state index contributed by atoms with van der Waals surface area (Å²) in [6.07, 6.45) is 0. The van der Waals surface area contributed by atoms with Gasteiger partial charge in [0.15, 0.2) is 0 Å². The topological polar surface area (TPSA) is 46.2 Å². The SMILES string of the molecule is CCO.Cc1ccccc1C(C)(C)N. The molecule has 14 heavy (non-hydrogen) atoms. The van der Waals surface area contributed by atoms with Crippen molar-refractivity contribution >= 4 is 0 Å². The molecule has 0 heterocycles. The maximum absolute atomic E-state index is 7.57. The predicted molar refractivity (Wildman–Crippen MR) is 61.2 cm³/mol. The molecule has 0 saturated heterocycles. The highest BCUT2D eigenvalue weighted by atomic mass is 16.2. The van der Waals surface area contributed by atoms with Crippen LogP contribution in [0.25, 0.3) is 0 Å². The van der Waals surface area contributed by atoms with Crippen LogP contribution in [0.1, 0.15) is 31.9 Å². The lowest BCUT2D eigenvalue weighted by atomic mass is 9.92. The quantitative estimate of drug-likeness (QED) is 0.721. The number of rotatable bonds is 1. The average molecular weight is 195 g/mol. The van der Waals surface area contributed by atoms with Crippen LogP contribution >= 0.6 is 0 Å². The van der Waals surface area contributed by atoms with Crippen LogP contribution in [0.15, 0.2) is 24.3 Å². The van der Waals surface area contributed by atoms with Gasteiger partial charge in [-0.3, -0.25) is 0 Å². The van der Waals surface area contributed by atoms with Gasteiger partial charge in [-0.1, -0.05) is 24.3 Å². The highest BCUT2D eigenvalue weighted by Crippen LogP contribution is 2.19. The lowest BCUT2D eigenvalue weighted by Crippen LogP contribution is -2.29. The molecule has 0 aromatic heterocycles. The molecule has 0 aliphatic carbocycles. The fraction of sp³-hybridized carbons (Fsp3) is 0.500. The molecular weight excluding hydrogens is 174 g/mol. The van der Waals surface area contributed by atoms with Gasteiger partial charge in [0.2, 0.25) is 0 Å². The third-order valence-electron chi connectivity index (χ3n) is 1.84. The van der Waals surface area contributed by atoms with E-state index in [2.05, 4.69) is 19.1 Å². The van der Waals surface area contributed by atoms with E-state index in [4.69, 9.17) is 10.8 Å². The van der Waals surface area contributed by atoms with Crippen molar-refractivity contribution in [1.29, 1.82) is 0 Å². The van der Waals surface area contributed by atoms with Crippen LogP contribution in [0.3, 0.4) is 0 Å². The zero-order valence-electron chi connectivity index (χ0n) is 9.54. The van der Waals surface area contributed by atoms with Crippen molar-refractivity contribution in [3.8, 4) is 0 Å². The predicted octanol–water partition coefficient (Wildman–Crippen LogP) is 2.19. The first kappa shape index (κ1) is 13.1. The number of aliphatic hydroxyl groups is 1. The molecule has 2 nitrogen and oxygen atoms in total. The number of hydrogen-bond acceptors (Lipinski definition) is 2. The molecule has 3 N–H and O–H groups in total. The molecule has 2 heteroatoms. The number of nitrogens with two attached hydrogens (primary N) is 1. The Kier molecular flexibility index (Phi) is 5.43. The number of aryl methyl sites for hydroxylation is 1. The van der Waals surface area contributed by atoms with Crippen LogP contribution in [0.4, 0.5) is 0 Å². The van der Waals surface area contributed by atoms with Gasteiger partial charge >= 0.3 is 0 Å². The van der Waals surface area contributed by atoms with Crippen LogP contribution in [0.5, 0.6) is 0 Å². The van der Waals surface area contributed by atoms with Crippen molar-refractivity contribution in [2.45, 2.75) is 33.2 Å². The molecule has 1 rings (SSSR count). The van der Waals surface area contributed by atoms with Crippen LogP contribution in [0.2, 0.25) is 0 Å². The first-order valence-corrected chi connectivity index (χ1v) is 4.89. The summed E-state index contributed by atoms with van der Waals surface area (Å²) >= 11 is 0. The molecule has 0 radical (unpaired) electrons. The van der Waals surface area contributed by atoms with E-state index in [9.17, 15) is 0 Å². The Balaban J connectivity index is 0.000000500. The van der Waals surface area contributed by atoms with E-state index in [0.29, 0.717) is 0 Å². The first-order chi connectivity index (χ1) is 6.43. The third kappa shape index (κ3) is 4.40. The van der Waals surface area contributed by atoms with Crippen LogP contribution in [-0.4, -0.2) is 11.7 Å². The molecule has 1 aromatic carbocycles. The Morgan fingerprint density at radius 3 is 2.00 bits per heavy atom. The number of hydrogen-bond donors (Lipinski definition) is 2. The van der Waals surface area contributed by atoms with Crippen molar-refractivity contribution < 1.29 is 5.11 Å². The van der Waals surface area contributed by atoms with E-state index in [1.807, 2.05) is 26.0 Å². The summed E-state index contributed by atoms with van der Waals surface area (Å²) in [5, 5.41) is 7.57. The summed E-state index contributed by atoms with van der Waals surface area (Å²) < 4.78 is 0. The second kappa shape index (κ2) is 5.78. The minimum absolute atomic E-state index is 0.217. The largest absolute Gasteiger partial charge is 0.397 e. The molecule has 0 unspecified atom stereocenters. The Morgan fingerprint density at radius 1 is 1.29 bits per heavy atom. The summed E-state index contributed by atoms with van der Waals surface area (Å²) in [6.45, 7) is 8.06. The summed E-state index contributed by atoms with van der Waals surface area (Å²) in [5.41, 5.74) is 8.23. The maximum atomic E-state index is 7.57. The van der Waals surface area contributed by atoms with Gasteiger partial charge in [0.05, 0.1) is 0 Å². The maximum Gasteiger partial charge on any atom is 0.0402 e. The molecular formula is C12H21NO. The molecule has 0 amide bonds. The second-order valence-electron chi connectivity index (χ2n) is 3.85. The molecule has 0 spiro atoms. The van der Waals surface area contributed by atoms with E-state index in [0.717, 1.165) is 0 Å². The lowest BCUT2D eigenvalue weighted by molar-refractivity contribution is 0.318. The fourth-order valence-electron chi connectivity index (χ4n) is 1.30. The third-order valence-corrected chi connectivity index (χ3v) is 1.84. The van der Waals surface area contributed by atoms with Gasteiger partial charge in [0, 0.05) is 12.1 Å². The zero-order valence-corrected chi connectivity index (χ0v) is 9.54. The molecule has 1 aromatic rings. The van der Waals surface area contributed by atoms with Gasteiger partial charge in [-0.15, -0.1) is 0 Å². The van der Waals surface area contributed by atoms with Gasteiger partial charge in [-0.2, -0.15) is 0 Å². The average Bonchev–Trinajstić information content (AvgIpc) is 2.04. The Labute approximate surface area is 86.8 Å². The lowest BCUT2D eigenvalue weighted by Gasteiger charge is -2.21. The Morgan fingerprint density at radius 2 is 1.71 bits per heavy atom. The van der Waals surface area contributed by atoms with Gasteiger partial charge in [-0.05, 0) is 38.8 Å². The van der Waals surface area contributed by atoms with Gasteiger partial charge in [0.1, 0.15) is 0 Å². The van der Waals surface area contributed by atoms with Crippen molar-refractivity contribution in [2.24, 2.45) is 5.73 Å². The van der Waals surface area contributed by atoms with Gasteiger partial charge in [0.25, 0.3) is 0 Å². The van der Waals surface area contributed by atoms with Crippen molar-refractivity contribution in [3.05, 3.63) is 35.4 Å². The highest BCUT2D eigenvalue weighted by Gasteiger charge is 2.14. The first-order valence-electron chi connectivity index (χ1n) is 4.89. The molecule has 0 fully saturated rings. The summed E-state index contributed by atoms with van der Waals surface area (Å²) in [4.78, 5) is 0. The monoisotopic (exact) mass is 195 g/mol. The van der Waals surface area contributed by atoms with Crippen molar-refractivity contribution in [1.82, 2.24) is 0 Å². The Bertz CT molecular complexity index is 263. The standard InChI is InChI=1S/C10H15N.C2H6O/c1-8-6-4-5-7-9(8)10(2,3)11;1-2-3/h4-7H,11H2,1-3H3;3H,2H2,1H3. The van der Waals surface area contributed by atoms with Gasteiger partial charge in [-0.25, -0.2) is 0 Å². The minimum atomic E-state index is -0.217. The minimum Gasteiger partial charge on any atom is -0.397 e. The van der Waals surface area contributed by atoms with E-state index >= 15 is 0 Å². The van der Waals surface area contributed by atoms with Crippen LogP contribution in [0, 0.1) is 6.92 Å². The highest BCUT2D eigenvalue weighted by molar-refractivity contribution is 5.30. The molecule has 0 atom stereocenters. The fourth-order valence-corrected chi connectivity index (χ4v) is 1.30. The van der Waals surface area contributed by atoms with E-state index in [-0.39, 0.29) is 12.1 Å². The zero-order chi connectivity index (χ0) is 11.2. The Hall–Kier alpha value is -0.860. The van der Waals surface area contributed by atoms with Gasteiger partial charge < -0.3 is 10.8 Å². The molecule has 0 bridgehead atoms. The van der Waals surface area contributed by atoms with E-state index in [1.165, 1.54) is 11.1 Å². The van der Waals surface area contributed by atoms with E-state index in [1.54, 1.807) is 6.92 Å².